The molecule has 10 heteroatoms. The molecule has 0 unspecified atom stereocenters. The van der Waals surface area contributed by atoms with Gasteiger partial charge in [-0.25, -0.2) is 4.79 Å². The van der Waals surface area contributed by atoms with E-state index in [-0.39, 0.29) is 16.0 Å². The average molecular weight is 534 g/mol. The van der Waals surface area contributed by atoms with Crippen LogP contribution in [0.1, 0.15) is 5.56 Å². The van der Waals surface area contributed by atoms with Crippen LogP contribution in [0.25, 0.3) is 39.7 Å². The van der Waals surface area contributed by atoms with Crippen LogP contribution in [-0.4, -0.2) is 40.5 Å². The summed E-state index contributed by atoms with van der Waals surface area (Å²) in [5, 5.41) is 19.5. The number of hydrogen-bond donors (Lipinski definition) is 2. The van der Waals surface area contributed by atoms with Gasteiger partial charge in [0.15, 0.2) is 0 Å². The number of fused-ring (bicyclic) bond motifs is 1. The van der Waals surface area contributed by atoms with Crippen LogP contribution in [0, 0.1) is 0 Å². The van der Waals surface area contributed by atoms with Gasteiger partial charge in [-0.15, -0.1) is 10.2 Å². The number of nitrogens with zero attached hydrogens (tertiary/aromatic N) is 2. The number of methoxy groups -OCH3 is 2. The van der Waals surface area contributed by atoms with Crippen molar-refractivity contribution in [1.29, 1.82) is 0 Å². The van der Waals surface area contributed by atoms with Gasteiger partial charge in [0.25, 0.3) is 11.1 Å². The van der Waals surface area contributed by atoms with Gasteiger partial charge >= 0.3 is 5.97 Å². The molecule has 0 spiro atoms. The number of carboxylic acids is 1. The Morgan fingerprint density at radius 2 is 1.86 bits per heavy atom. The number of carbonyl (C=O) groups is 1. The minimum atomic E-state index is -1.14. The molecule has 0 aliphatic heterocycles. The Hall–Kier alpha value is -4.21. The summed E-state index contributed by atoms with van der Waals surface area (Å²) in [6, 6.07) is 20.3. The van der Waals surface area contributed by atoms with E-state index in [2.05, 4.69) is 15.2 Å². The quantitative estimate of drug-likeness (QED) is 0.166. The van der Waals surface area contributed by atoms with Crippen LogP contribution in [0.5, 0.6) is 11.5 Å². The first-order chi connectivity index (χ1) is 18.0. The molecule has 0 saturated heterocycles. The number of hydrogen-bond acceptors (Lipinski definition) is 7. The number of nitrogens with one attached hydrogen (secondary N) is 1. The molecular formula is C27H20ClN3O5S. The molecule has 8 nitrogen and oxygen atoms in total. The van der Waals surface area contributed by atoms with Gasteiger partial charge in [-0.1, -0.05) is 41.9 Å². The molecule has 0 radical (unpaired) electrons. The molecule has 0 saturated carbocycles. The zero-order valence-corrected chi connectivity index (χ0v) is 21.3. The summed E-state index contributed by atoms with van der Waals surface area (Å²) < 4.78 is 16.5. The molecule has 186 valence electrons. The molecule has 0 fully saturated rings. The monoisotopic (exact) mass is 533 g/mol. The molecule has 0 atom stereocenters. The summed E-state index contributed by atoms with van der Waals surface area (Å²) in [4.78, 5) is 15.7. The van der Waals surface area contributed by atoms with E-state index < -0.39 is 5.97 Å². The van der Waals surface area contributed by atoms with E-state index >= 15 is 0 Å². The molecule has 37 heavy (non-hydrogen) atoms. The fourth-order valence-corrected chi connectivity index (χ4v) is 4.70. The Morgan fingerprint density at radius 1 is 1.05 bits per heavy atom. The van der Waals surface area contributed by atoms with Crippen molar-refractivity contribution in [2.45, 2.75) is 5.22 Å². The van der Waals surface area contributed by atoms with E-state index in [0.29, 0.717) is 27.6 Å². The van der Waals surface area contributed by atoms with Gasteiger partial charge in [0, 0.05) is 21.5 Å². The van der Waals surface area contributed by atoms with Crippen molar-refractivity contribution < 1.29 is 23.8 Å². The first-order valence-electron chi connectivity index (χ1n) is 11.0. The lowest BCUT2D eigenvalue weighted by Gasteiger charge is -2.05. The second kappa shape index (κ2) is 10.4. The predicted molar refractivity (Wildman–Crippen MR) is 143 cm³/mol. The molecule has 2 aromatic heterocycles. The van der Waals surface area contributed by atoms with Crippen LogP contribution in [-0.2, 0) is 4.79 Å². The number of H-pyrrole nitrogens is 1. The Labute approximate surface area is 220 Å². The molecule has 5 rings (SSSR count). The zero-order chi connectivity index (χ0) is 25.9. The summed E-state index contributed by atoms with van der Waals surface area (Å²) >= 11 is 6.97. The third kappa shape index (κ3) is 5.04. The number of aromatic nitrogens is 3. The van der Waals surface area contributed by atoms with E-state index in [0.717, 1.165) is 33.9 Å². The number of aromatic amines is 1. The molecular weight excluding hydrogens is 514 g/mol. The summed E-state index contributed by atoms with van der Waals surface area (Å²) in [5.41, 5.74) is 3.73. The first kappa shape index (κ1) is 24.5. The second-order valence-electron chi connectivity index (χ2n) is 7.82. The van der Waals surface area contributed by atoms with Crippen molar-refractivity contribution in [2.24, 2.45) is 0 Å². The summed E-state index contributed by atoms with van der Waals surface area (Å²) in [6.07, 6.45) is 1.59. The van der Waals surface area contributed by atoms with E-state index in [1.807, 2.05) is 48.5 Å². The van der Waals surface area contributed by atoms with Gasteiger partial charge in [-0.2, -0.15) is 0 Å². The fraction of sp³-hybridized carbons (Fsp3) is 0.0741. The Bertz CT molecular complexity index is 1630. The Morgan fingerprint density at radius 3 is 2.59 bits per heavy atom. The molecule has 0 bridgehead atoms. The molecule has 0 aliphatic rings. The topological polar surface area (TPSA) is 110 Å². The van der Waals surface area contributed by atoms with E-state index in [4.69, 9.17) is 25.5 Å². The highest BCUT2D eigenvalue weighted by Crippen LogP contribution is 2.38. The highest BCUT2D eigenvalue weighted by atomic mass is 35.5. The van der Waals surface area contributed by atoms with E-state index in [9.17, 15) is 9.90 Å². The van der Waals surface area contributed by atoms with Gasteiger partial charge < -0.3 is 24.0 Å². The third-order valence-electron chi connectivity index (χ3n) is 5.59. The number of halogens is 1. The molecule has 3 aromatic carbocycles. The van der Waals surface area contributed by atoms with Crippen LogP contribution in [0.4, 0.5) is 0 Å². The van der Waals surface area contributed by atoms with Crippen molar-refractivity contribution in [1.82, 2.24) is 15.2 Å². The number of aliphatic carboxylic acids is 1. The molecule has 0 amide bonds. The van der Waals surface area contributed by atoms with Crippen molar-refractivity contribution in [3.05, 3.63) is 82.2 Å². The maximum atomic E-state index is 12.3. The minimum Gasteiger partial charge on any atom is -0.497 e. The van der Waals surface area contributed by atoms with E-state index in [1.54, 1.807) is 31.4 Å². The predicted octanol–water partition coefficient (Wildman–Crippen LogP) is 6.77. The fourth-order valence-electron chi connectivity index (χ4n) is 3.87. The lowest BCUT2D eigenvalue weighted by molar-refractivity contribution is -0.131. The Balaban J connectivity index is 1.58. The number of ether oxygens (including phenoxy) is 2. The van der Waals surface area contributed by atoms with Crippen LogP contribution in [0.15, 0.2) is 81.3 Å². The van der Waals surface area contributed by atoms with E-state index in [1.165, 1.54) is 7.11 Å². The highest BCUT2D eigenvalue weighted by Gasteiger charge is 2.20. The van der Waals surface area contributed by atoms with Crippen LogP contribution in [0.2, 0.25) is 5.02 Å². The number of benzene rings is 3. The number of thioether (sulfide) groups is 1. The molecule has 5 aromatic rings. The largest absolute Gasteiger partial charge is 0.497 e. The van der Waals surface area contributed by atoms with Gasteiger partial charge in [0.1, 0.15) is 16.4 Å². The van der Waals surface area contributed by atoms with Crippen LogP contribution >= 0.6 is 23.4 Å². The third-order valence-corrected chi connectivity index (χ3v) is 6.68. The highest BCUT2D eigenvalue weighted by molar-refractivity contribution is 8.03. The maximum absolute atomic E-state index is 12.3. The van der Waals surface area contributed by atoms with Crippen molar-refractivity contribution in [3.63, 3.8) is 0 Å². The second-order valence-corrected chi connectivity index (χ2v) is 9.25. The van der Waals surface area contributed by atoms with Crippen LogP contribution in [0.3, 0.4) is 0 Å². The van der Waals surface area contributed by atoms with Crippen molar-refractivity contribution in [2.75, 3.05) is 14.2 Å². The smallest absolute Gasteiger partial charge is 0.342 e. The first-order valence-corrected chi connectivity index (χ1v) is 12.2. The summed E-state index contributed by atoms with van der Waals surface area (Å²) in [5.74, 6) is 0.177. The van der Waals surface area contributed by atoms with Crippen molar-refractivity contribution in [3.8, 4) is 34.2 Å². The SMILES string of the molecule is COc1ccc2[nH]c(-c3ccccc3)c(/C=C(\Sc3nnc(-c4cc(Cl)ccc4OC)o3)C(=O)O)c2c1. The van der Waals surface area contributed by atoms with Crippen molar-refractivity contribution >= 4 is 46.3 Å². The Kier molecular flexibility index (Phi) is 6.89. The standard InChI is InChI=1S/C27H20ClN3O5S/c1-34-17-9-10-21-18(13-17)19(24(29-21)15-6-4-3-5-7-15)14-23(26(32)33)37-27-31-30-25(36-27)20-12-16(28)8-11-22(20)35-2/h3-14,29H,1-2H3,(H,32,33)/b23-14-. The molecule has 2 heterocycles. The summed E-state index contributed by atoms with van der Waals surface area (Å²) in [6.45, 7) is 0. The van der Waals surface area contributed by atoms with Gasteiger partial charge in [-0.05, 0) is 59.8 Å². The van der Waals surface area contributed by atoms with Gasteiger partial charge in [-0.3, -0.25) is 0 Å². The average Bonchev–Trinajstić information content (AvgIpc) is 3.53. The normalized spacial score (nSPS) is 11.6. The molecule has 2 N–H and O–H groups in total. The van der Waals surface area contributed by atoms with Gasteiger partial charge in [0.05, 0.1) is 25.5 Å². The number of carboxylic acid groups (broad SMARTS) is 1. The van der Waals surface area contributed by atoms with Crippen LogP contribution < -0.4 is 9.47 Å². The minimum absolute atomic E-state index is 0.00541. The number of rotatable bonds is 8. The van der Waals surface area contributed by atoms with Gasteiger partial charge in [0.2, 0.25) is 0 Å². The summed E-state index contributed by atoms with van der Waals surface area (Å²) in [7, 11) is 3.10. The molecule has 0 aliphatic carbocycles. The lowest BCUT2D eigenvalue weighted by atomic mass is 10.0. The zero-order valence-electron chi connectivity index (χ0n) is 19.7. The maximum Gasteiger partial charge on any atom is 0.342 e. The lowest BCUT2D eigenvalue weighted by Crippen LogP contribution is -1.97.